The molecule has 9 nitrogen and oxygen atoms in total. The summed E-state index contributed by atoms with van der Waals surface area (Å²) in [4.78, 5) is 41.0. The number of H-pyrrole nitrogens is 1. The number of ether oxygens (including phenoxy) is 1. The first-order chi connectivity index (χ1) is 12.3. The summed E-state index contributed by atoms with van der Waals surface area (Å²) in [5.74, 6) is 0.514. The molecule has 0 aromatic carbocycles. The third kappa shape index (κ3) is 3.72. The number of hydrogen-bond acceptors (Lipinski definition) is 6. The van der Waals surface area contributed by atoms with Gasteiger partial charge in [0, 0.05) is 20.2 Å². The number of anilines is 2. The maximum atomic E-state index is 13.1. The van der Waals surface area contributed by atoms with Crippen molar-refractivity contribution in [3.05, 3.63) is 44.0 Å². The number of nitrogens with one attached hydrogen (secondary N) is 1. The van der Waals surface area contributed by atoms with E-state index >= 15 is 0 Å². The minimum absolute atomic E-state index is 0.0528. The maximum absolute atomic E-state index is 13.1. The van der Waals surface area contributed by atoms with Crippen LogP contribution in [-0.2, 0) is 11.3 Å². The lowest BCUT2D eigenvalue weighted by Gasteiger charge is -2.24. The van der Waals surface area contributed by atoms with Crippen LogP contribution in [0.1, 0.15) is 35.2 Å². The number of aryl methyl sites for hydroxylation is 2. The molecular formula is C17H24N4O5. The van der Waals surface area contributed by atoms with Crippen molar-refractivity contribution < 1.29 is 13.9 Å². The number of carbonyl (C=O) groups excluding carboxylic acids is 1. The van der Waals surface area contributed by atoms with Gasteiger partial charge in [-0.15, -0.1) is 0 Å². The molecule has 2 aromatic heterocycles. The Bertz CT molecular complexity index is 909. The third-order valence-electron chi connectivity index (χ3n) is 3.97. The molecular weight excluding hydrogens is 340 g/mol. The summed E-state index contributed by atoms with van der Waals surface area (Å²) in [5, 5.41) is 0. The summed E-state index contributed by atoms with van der Waals surface area (Å²) in [6, 6.07) is 1.60. The maximum Gasteiger partial charge on any atom is 0.330 e. The lowest BCUT2D eigenvalue weighted by molar-refractivity contribution is 0.0974. The van der Waals surface area contributed by atoms with Gasteiger partial charge in [-0.25, -0.2) is 4.79 Å². The standard InChI is InChI=1S/C17H24N4O5/c1-5-6-21-14(18)13(15(22)19-17(21)24)20(7-8-25-4)16(23)12-9-10(2)26-11(12)3/h9H,5-8,18H2,1-4H3,(H,19,22,24). The number of rotatable bonds is 7. The Morgan fingerprint density at radius 1 is 1.38 bits per heavy atom. The number of aromatic nitrogens is 2. The molecule has 0 fully saturated rings. The molecule has 0 aliphatic carbocycles. The van der Waals surface area contributed by atoms with E-state index in [2.05, 4.69) is 4.98 Å². The predicted molar refractivity (Wildman–Crippen MR) is 97.8 cm³/mol. The van der Waals surface area contributed by atoms with Crippen LogP contribution in [0, 0.1) is 13.8 Å². The number of hydrogen-bond donors (Lipinski definition) is 2. The summed E-state index contributed by atoms with van der Waals surface area (Å²) < 4.78 is 11.7. The molecule has 0 saturated carbocycles. The third-order valence-corrected chi connectivity index (χ3v) is 3.97. The van der Waals surface area contributed by atoms with Gasteiger partial charge in [0.25, 0.3) is 11.5 Å². The van der Waals surface area contributed by atoms with Gasteiger partial charge in [-0.2, -0.15) is 0 Å². The fraction of sp³-hybridized carbons (Fsp3) is 0.471. The quantitative estimate of drug-likeness (QED) is 0.756. The normalized spacial score (nSPS) is 10.9. The zero-order valence-electron chi connectivity index (χ0n) is 15.4. The van der Waals surface area contributed by atoms with Crippen LogP contribution in [0.2, 0.25) is 0 Å². The van der Waals surface area contributed by atoms with Gasteiger partial charge in [0.2, 0.25) is 0 Å². The molecule has 1 amide bonds. The molecule has 0 saturated heterocycles. The number of furan rings is 1. The van der Waals surface area contributed by atoms with Crippen molar-refractivity contribution in [1.29, 1.82) is 0 Å². The fourth-order valence-electron chi connectivity index (χ4n) is 2.77. The van der Waals surface area contributed by atoms with Gasteiger partial charge in [-0.3, -0.25) is 24.0 Å². The Morgan fingerprint density at radius 3 is 2.62 bits per heavy atom. The minimum Gasteiger partial charge on any atom is -0.466 e. The Morgan fingerprint density at radius 2 is 2.08 bits per heavy atom. The van der Waals surface area contributed by atoms with Crippen molar-refractivity contribution in [2.45, 2.75) is 33.7 Å². The summed E-state index contributed by atoms with van der Waals surface area (Å²) >= 11 is 0. The summed E-state index contributed by atoms with van der Waals surface area (Å²) in [6.07, 6.45) is 0.641. The number of carbonyl (C=O) groups is 1. The molecule has 0 aliphatic rings. The van der Waals surface area contributed by atoms with Crippen LogP contribution >= 0.6 is 0 Å². The molecule has 142 valence electrons. The lowest BCUT2D eigenvalue weighted by atomic mass is 10.2. The van der Waals surface area contributed by atoms with Crippen LogP contribution in [0.5, 0.6) is 0 Å². The van der Waals surface area contributed by atoms with Crippen LogP contribution in [0.3, 0.4) is 0 Å². The van der Waals surface area contributed by atoms with E-state index in [4.69, 9.17) is 14.9 Å². The van der Waals surface area contributed by atoms with Gasteiger partial charge < -0.3 is 14.9 Å². The average molecular weight is 364 g/mol. The number of aromatic amines is 1. The Labute approximate surface area is 150 Å². The van der Waals surface area contributed by atoms with Gasteiger partial charge in [0.15, 0.2) is 5.69 Å². The fourth-order valence-corrected chi connectivity index (χ4v) is 2.77. The van der Waals surface area contributed by atoms with Crippen molar-refractivity contribution in [1.82, 2.24) is 9.55 Å². The topological polar surface area (TPSA) is 124 Å². The van der Waals surface area contributed by atoms with Crippen molar-refractivity contribution in [3.8, 4) is 0 Å². The molecule has 0 atom stereocenters. The first-order valence-electron chi connectivity index (χ1n) is 8.32. The van der Waals surface area contributed by atoms with Crippen LogP contribution < -0.4 is 21.9 Å². The summed E-state index contributed by atoms with van der Waals surface area (Å²) in [7, 11) is 1.49. The Kier molecular flexibility index (Phi) is 6.04. The number of methoxy groups -OCH3 is 1. The van der Waals surface area contributed by atoms with E-state index in [1.165, 1.54) is 16.6 Å². The molecule has 0 spiro atoms. The summed E-state index contributed by atoms with van der Waals surface area (Å²) in [6.45, 7) is 5.88. The molecule has 3 N–H and O–H groups in total. The van der Waals surface area contributed by atoms with Gasteiger partial charge in [0.05, 0.1) is 12.2 Å². The van der Waals surface area contributed by atoms with E-state index in [0.717, 1.165) is 0 Å². The number of nitrogens with zero attached hydrogens (tertiary/aromatic N) is 2. The van der Waals surface area contributed by atoms with Crippen molar-refractivity contribution in [3.63, 3.8) is 0 Å². The second-order valence-corrected chi connectivity index (χ2v) is 5.92. The number of nitrogens with two attached hydrogens (primary N) is 1. The predicted octanol–water partition coefficient (Wildman–Crippen LogP) is 1.03. The molecule has 0 bridgehead atoms. The highest BCUT2D eigenvalue weighted by atomic mass is 16.5. The Hall–Kier alpha value is -2.81. The highest BCUT2D eigenvalue weighted by Gasteiger charge is 2.27. The molecule has 2 aromatic rings. The number of nitrogen functional groups attached to an aromatic ring is 1. The highest BCUT2D eigenvalue weighted by molar-refractivity contribution is 6.07. The SMILES string of the molecule is CCCn1c(N)c(N(CCOC)C(=O)c2cc(C)oc2C)c(=O)[nH]c1=O. The largest absolute Gasteiger partial charge is 0.466 e. The van der Waals surface area contributed by atoms with Gasteiger partial charge >= 0.3 is 5.69 Å². The van der Waals surface area contributed by atoms with E-state index in [0.29, 0.717) is 30.0 Å². The highest BCUT2D eigenvalue weighted by Crippen LogP contribution is 2.22. The molecule has 9 heteroatoms. The van der Waals surface area contributed by atoms with Gasteiger partial charge in [-0.05, 0) is 26.3 Å². The van der Waals surface area contributed by atoms with E-state index in [1.807, 2.05) is 6.92 Å². The van der Waals surface area contributed by atoms with E-state index in [9.17, 15) is 14.4 Å². The molecule has 2 rings (SSSR count). The minimum atomic E-state index is -0.720. The zero-order chi connectivity index (χ0) is 19.4. The second-order valence-electron chi connectivity index (χ2n) is 5.92. The smallest absolute Gasteiger partial charge is 0.330 e. The first kappa shape index (κ1) is 19.5. The summed E-state index contributed by atoms with van der Waals surface area (Å²) in [5.41, 5.74) is 5.02. The molecule has 0 unspecified atom stereocenters. The first-order valence-corrected chi connectivity index (χ1v) is 8.32. The lowest BCUT2D eigenvalue weighted by Crippen LogP contribution is -2.42. The Balaban J connectivity index is 2.62. The number of amides is 1. The molecule has 26 heavy (non-hydrogen) atoms. The van der Waals surface area contributed by atoms with Crippen LogP contribution in [0.4, 0.5) is 11.5 Å². The van der Waals surface area contributed by atoms with E-state index < -0.39 is 17.2 Å². The van der Waals surface area contributed by atoms with Crippen LogP contribution in [0.15, 0.2) is 20.1 Å². The van der Waals surface area contributed by atoms with E-state index in [1.54, 1.807) is 19.9 Å². The van der Waals surface area contributed by atoms with E-state index in [-0.39, 0.29) is 24.7 Å². The average Bonchev–Trinajstić information content (AvgIpc) is 2.92. The zero-order valence-corrected chi connectivity index (χ0v) is 15.4. The van der Waals surface area contributed by atoms with Gasteiger partial charge in [-0.1, -0.05) is 6.92 Å². The van der Waals surface area contributed by atoms with Crippen LogP contribution in [-0.4, -0.2) is 35.7 Å². The molecule has 2 heterocycles. The second kappa shape index (κ2) is 8.05. The monoisotopic (exact) mass is 364 g/mol. The van der Waals surface area contributed by atoms with Crippen molar-refractivity contribution in [2.24, 2.45) is 0 Å². The molecule has 0 aliphatic heterocycles. The van der Waals surface area contributed by atoms with Crippen molar-refractivity contribution in [2.75, 3.05) is 30.9 Å². The van der Waals surface area contributed by atoms with Crippen LogP contribution in [0.25, 0.3) is 0 Å². The molecule has 0 radical (unpaired) electrons. The van der Waals surface area contributed by atoms with Gasteiger partial charge in [0.1, 0.15) is 17.3 Å². The van der Waals surface area contributed by atoms with Crippen molar-refractivity contribution >= 4 is 17.4 Å².